The van der Waals surface area contributed by atoms with Gasteiger partial charge in [0.2, 0.25) is 10.6 Å². The lowest BCUT2D eigenvalue weighted by Crippen LogP contribution is -2.40. The number of hydrogen-bond donors (Lipinski definition) is 7. The Morgan fingerprint density at radius 2 is 0.807 bits per heavy atom. The molecule has 16 rings (SSSR count). The van der Waals surface area contributed by atoms with E-state index in [1.165, 1.54) is 57.4 Å². The minimum Gasteiger partial charge on any atom is -0.444 e. The average Bonchev–Trinajstić information content (AvgIpc) is 1.29. The van der Waals surface area contributed by atoms with Gasteiger partial charge in [0.25, 0.3) is 0 Å². The molecule has 9 aromatic heterocycles. The Kier molecular flexibility index (Phi) is 25.1. The molecule has 31 heteroatoms. The fourth-order valence-corrected chi connectivity index (χ4v) is 14.4. The first-order valence-corrected chi connectivity index (χ1v) is 39.0. The van der Waals surface area contributed by atoms with Crippen LogP contribution in [0.2, 0.25) is 15.7 Å². The highest BCUT2D eigenvalue weighted by molar-refractivity contribution is 6.32. The largest absolute Gasteiger partial charge is 0.444 e. The topological polar surface area (TPSA) is 313 Å². The molecule has 3 amide bonds. The molecule has 26 nitrogen and oxygen atoms in total. The summed E-state index contributed by atoms with van der Waals surface area (Å²) in [5.74, 6) is 2.27. The van der Waals surface area contributed by atoms with Crippen LogP contribution >= 0.6 is 34.8 Å². The number of carbonyl (C=O) groups is 3. The van der Waals surface area contributed by atoms with Crippen molar-refractivity contribution in [2.45, 2.75) is 150 Å². The fraction of sp³-hybridized carbons (Fsp3) is 0.361. The van der Waals surface area contributed by atoms with E-state index in [0.29, 0.717) is 111 Å². The normalized spacial score (nSPS) is 13.9. The predicted molar refractivity (Wildman–Crippen MR) is 437 cm³/mol. The first-order valence-electron chi connectivity index (χ1n) is 37.9. The van der Waals surface area contributed by atoms with Crippen LogP contribution in [0, 0.1) is 11.6 Å². The summed E-state index contributed by atoms with van der Waals surface area (Å²) in [5, 5.41) is 18.0. The van der Waals surface area contributed by atoms with Crippen molar-refractivity contribution < 1.29 is 37.4 Å². The van der Waals surface area contributed by atoms with Crippen molar-refractivity contribution in [2.24, 2.45) is 0 Å². The molecule has 7 N–H and O–H groups in total. The van der Waals surface area contributed by atoms with Gasteiger partial charge in [-0.2, -0.15) is 0 Å². The zero-order valence-corrected chi connectivity index (χ0v) is 67.3. The molecule has 0 fully saturated rings. The van der Waals surface area contributed by atoms with Gasteiger partial charge < -0.3 is 65.1 Å². The summed E-state index contributed by atoms with van der Waals surface area (Å²) < 4.78 is 43.9. The van der Waals surface area contributed by atoms with E-state index in [1.54, 1.807) is 20.9 Å². The number of anilines is 3. The standard InChI is InChI=1S/C27H29FN6O2.C22H26ClN5O2.C22H21FN6.C12H15Cl2N3O2/c1-27(2,3)36-26(35)34-11-9-21-23(16-34)32-24(18-12-19(28)15-29-13-18)33-25(21)30-10-8-17-14-31-22-7-5-4-6-20(17)22;1-22(2,3)30-21(29)28-11-9-16-18(13-28)26-20(23)27-19(16)24-10-8-14-12-25-17-7-5-4-6-15(14)17;23-16-9-15(10-25-12-16)21-28-20-13-24-7-6-18(20)22(29-21)26-8-5-14-11-27-19-4-2-1-3-17(14)19;1-12(2,3)19-11(18)17-5-4-7-8(6-17)15-10(14)16-9(7)13/h4-7,12-15,31H,8-11,16H2,1-3H3,(H,30,32,33);4-7,12,25H,8-11,13H2,1-3H3,(H,24,26,27);1-4,9-12,24,27H,5-8,13H2,(H,26,28,29);4-6H2,1-3H3. The molecule has 3 aromatic carbocycles. The Bertz CT molecular complexity index is 5470. The van der Waals surface area contributed by atoms with Crippen molar-refractivity contribution >= 4 is 103 Å². The maximum absolute atomic E-state index is 13.9. The molecule has 4 aliphatic heterocycles. The number of H-pyrrole nitrogens is 3. The number of aromatic nitrogens is 13. The Hall–Kier alpha value is -11.2. The Labute approximate surface area is 673 Å². The Morgan fingerprint density at radius 1 is 0.447 bits per heavy atom. The highest BCUT2D eigenvalue weighted by Gasteiger charge is 2.33. The number of hydrogen-bond acceptors (Lipinski definition) is 20. The summed E-state index contributed by atoms with van der Waals surface area (Å²) in [4.78, 5) is 95.4. The van der Waals surface area contributed by atoms with Gasteiger partial charge in [-0.3, -0.25) is 9.97 Å². The first kappa shape index (κ1) is 80.8. The van der Waals surface area contributed by atoms with Gasteiger partial charge in [-0.05, 0) is 184 Å². The van der Waals surface area contributed by atoms with Gasteiger partial charge in [-0.15, -0.1) is 0 Å². The number of amides is 3. The van der Waals surface area contributed by atoms with E-state index >= 15 is 0 Å². The number of nitrogens with one attached hydrogen (secondary N) is 7. The summed E-state index contributed by atoms with van der Waals surface area (Å²) in [6, 6.07) is 27.6. The maximum Gasteiger partial charge on any atom is 0.410 e. The third kappa shape index (κ3) is 20.8. The number of benzene rings is 3. The molecule has 0 saturated heterocycles. The number of ether oxygens (including phenoxy) is 3. The van der Waals surface area contributed by atoms with Crippen LogP contribution in [0.4, 0.5) is 40.6 Å². The van der Waals surface area contributed by atoms with Crippen LogP contribution in [-0.2, 0) is 85.3 Å². The lowest BCUT2D eigenvalue weighted by Gasteiger charge is -2.31. The number of aromatic amines is 3. The van der Waals surface area contributed by atoms with Crippen LogP contribution in [0.5, 0.6) is 0 Å². The van der Waals surface area contributed by atoms with Crippen molar-refractivity contribution in [1.29, 1.82) is 0 Å². The molecule has 0 radical (unpaired) electrons. The van der Waals surface area contributed by atoms with E-state index in [0.717, 1.165) is 119 Å². The van der Waals surface area contributed by atoms with Crippen molar-refractivity contribution in [3.05, 3.63) is 217 Å². The van der Waals surface area contributed by atoms with Gasteiger partial charge in [0, 0.05) is 143 Å². The van der Waals surface area contributed by atoms with Gasteiger partial charge in [0.15, 0.2) is 11.6 Å². The van der Waals surface area contributed by atoms with Crippen LogP contribution < -0.4 is 21.3 Å². The Morgan fingerprint density at radius 3 is 1.22 bits per heavy atom. The van der Waals surface area contributed by atoms with Crippen LogP contribution in [0.3, 0.4) is 0 Å². The number of fused-ring (bicyclic) bond motifs is 7. The molecule has 0 atom stereocenters. The third-order valence-corrected chi connectivity index (χ3v) is 19.6. The number of para-hydroxylation sites is 3. The van der Waals surface area contributed by atoms with E-state index in [4.69, 9.17) is 64.0 Å². The number of pyridine rings is 2. The number of nitrogens with zero attached hydrogens (tertiary/aromatic N) is 13. The molecule has 594 valence electrons. The Balaban J connectivity index is 0.000000135. The van der Waals surface area contributed by atoms with Crippen LogP contribution in [0.15, 0.2) is 128 Å². The fourth-order valence-electron chi connectivity index (χ4n) is 13.7. The molecular formula is C83H91Cl3F2N20O6. The van der Waals surface area contributed by atoms with Crippen molar-refractivity contribution in [2.75, 3.05) is 61.8 Å². The first-order chi connectivity index (χ1) is 54.6. The van der Waals surface area contributed by atoms with Crippen LogP contribution in [-0.4, -0.2) is 160 Å². The summed E-state index contributed by atoms with van der Waals surface area (Å²) >= 11 is 18.0. The van der Waals surface area contributed by atoms with E-state index in [1.807, 2.05) is 105 Å². The lowest BCUT2D eigenvalue weighted by molar-refractivity contribution is 0.0211. The average molecular weight is 1610 g/mol. The van der Waals surface area contributed by atoms with Gasteiger partial charge in [0.05, 0.1) is 54.8 Å². The molecule has 0 unspecified atom stereocenters. The van der Waals surface area contributed by atoms with E-state index in [2.05, 4.69) is 120 Å². The summed E-state index contributed by atoms with van der Waals surface area (Å²) in [7, 11) is 0. The van der Waals surface area contributed by atoms with Crippen molar-refractivity contribution in [3.8, 4) is 22.8 Å². The van der Waals surface area contributed by atoms with Gasteiger partial charge in [-0.25, -0.2) is 63.0 Å². The third-order valence-electron chi connectivity index (χ3n) is 19.0. The highest BCUT2D eigenvalue weighted by atomic mass is 35.5. The van der Waals surface area contributed by atoms with E-state index < -0.39 is 28.4 Å². The smallest absolute Gasteiger partial charge is 0.410 e. The second-order valence-electron chi connectivity index (χ2n) is 30.9. The monoisotopic (exact) mass is 1610 g/mol. The summed E-state index contributed by atoms with van der Waals surface area (Å²) in [5.41, 5.74) is 13.6. The zero-order chi connectivity index (χ0) is 80.4. The van der Waals surface area contributed by atoms with Gasteiger partial charge in [-0.1, -0.05) is 66.2 Å². The molecule has 114 heavy (non-hydrogen) atoms. The highest BCUT2D eigenvalue weighted by Crippen LogP contribution is 2.33. The number of carbonyl (C=O) groups excluding carboxylic acids is 3. The quantitative estimate of drug-likeness (QED) is 0.0302. The SMILES string of the molecule is CC(C)(C)OC(=O)N1CCc2c(Cl)nc(Cl)nc2C1.CC(C)(C)OC(=O)N1CCc2c(nc(-c3cncc(F)c3)nc2NCCc2c[nH]c3ccccc23)C1.CC(C)(C)OC(=O)N1CCc2c(nc(Cl)nc2NCCc2c[nH]c3ccccc23)C1.Fc1cncc(-c2nc3c(c(NCCc4c[nH]c5ccccc45)n2)CCNC3)c1. The molecule has 0 saturated carbocycles. The van der Waals surface area contributed by atoms with Crippen molar-refractivity contribution in [3.63, 3.8) is 0 Å². The molecule has 12 aromatic rings. The van der Waals surface area contributed by atoms with Crippen molar-refractivity contribution in [1.82, 2.24) is 84.8 Å². The van der Waals surface area contributed by atoms with Gasteiger partial charge >= 0.3 is 18.3 Å². The van der Waals surface area contributed by atoms with Gasteiger partial charge in [0.1, 0.15) is 51.0 Å². The maximum atomic E-state index is 13.9. The molecular weight excluding hydrogens is 1520 g/mol. The second kappa shape index (κ2) is 35.5. The zero-order valence-electron chi connectivity index (χ0n) is 65.0. The molecule has 0 aliphatic carbocycles. The molecule has 0 bridgehead atoms. The van der Waals surface area contributed by atoms with E-state index in [9.17, 15) is 23.2 Å². The summed E-state index contributed by atoms with van der Waals surface area (Å²) in [6.07, 6.45) is 15.8. The minimum atomic E-state index is -0.587. The number of halogens is 5. The molecule has 0 spiro atoms. The second-order valence-corrected chi connectivity index (χ2v) is 31.9. The van der Waals surface area contributed by atoms with E-state index in [-0.39, 0.29) is 28.8 Å². The van der Waals surface area contributed by atoms with Crippen LogP contribution in [0.25, 0.3) is 55.5 Å². The lowest BCUT2D eigenvalue weighted by atomic mass is 10.0. The summed E-state index contributed by atoms with van der Waals surface area (Å²) in [6.45, 7) is 22.9. The number of rotatable bonds is 14. The predicted octanol–water partition coefficient (Wildman–Crippen LogP) is 16.2. The minimum absolute atomic E-state index is 0.0924. The molecule has 13 heterocycles. The molecule has 4 aliphatic rings. The van der Waals surface area contributed by atoms with Crippen LogP contribution in [0.1, 0.15) is 124 Å².